The van der Waals surface area contributed by atoms with Crippen LogP contribution in [0.1, 0.15) is 64.5 Å². The van der Waals surface area contributed by atoms with Gasteiger partial charge in [0.15, 0.2) is 0 Å². The molecular weight excluding hydrogens is 604 g/mol. The van der Waals surface area contributed by atoms with Crippen molar-refractivity contribution in [2.45, 2.75) is 71.4 Å². The van der Waals surface area contributed by atoms with E-state index in [9.17, 15) is 14.4 Å². The maximum Gasteiger partial charge on any atom is 0.407 e. The second kappa shape index (κ2) is 16.4. The first-order valence-corrected chi connectivity index (χ1v) is 16.7. The molecule has 0 saturated heterocycles. The van der Waals surface area contributed by atoms with Gasteiger partial charge >= 0.3 is 6.09 Å². The minimum absolute atomic E-state index is 0.126. The average Bonchev–Trinajstić information content (AvgIpc) is 3.06. The highest BCUT2D eigenvalue weighted by molar-refractivity contribution is 6.00. The predicted octanol–water partition coefficient (Wildman–Crippen LogP) is 6.25. The molecule has 1 saturated carbocycles. The molecule has 1 heterocycles. The van der Waals surface area contributed by atoms with Gasteiger partial charge in [0, 0.05) is 63.2 Å². The number of ether oxygens (including phenoxy) is 1. The Morgan fingerprint density at radius 3 is 2.29 bits per heavy atom. The van der Waals surface area contributed by atoms with Gasteiger partial charge in [0.25, 0.3) is 0 Å². The number of alkyl carbamates (subject to hydrolysis) is 1. The van der Waals surface area contributed by atoms with Crippen LogP contribution >= 0.6 is 0 Å². The van der Waals surface area contributed by atoms with Crippen molar-refractivity contribution in [3.63, 3.8) is 0 Å². The molecule has 0 bridgehead atoms. The summed E-state index contributed by atoms with van der Waals surface area (Å²) in [6, 6.07) is 18.7. The highest BCUT2D eigenvalue weighted by atomic mass is 16.6. The summed E-state index contributed by atoms with van der Waals surface area (Å²) in [5, 5.41) is 8.95. The molecule has 1 aliphatic carbocycles. The van der Waals surface area contributed by atoms with Crippen molar-refractivity contribution in [1.82, 2.24) is 15.6 Å². The maximum absolute atomic E-state index is 13.8. The lowest BCUT2D eigenvalue weighted by Crippen LogP contribution is -2.48. The molecule has 1 aliphatic rings. The normalized spacial score (nSPS) is 17.2. The monoisotopic (exact) mass is 654 g/mol. The van der Waals surface area contributed by atoms with Crippen molar-refractivity contribution in [1.29, 1.82) is 0 Å². The van der Waals surface area contributed by atoms with Crippen molar-refractivity contribution < 1.29 is 19.1 Å². The topological polar surface area (TPSA) is 125 Å². The molecule has 1 unspecified atom stereocenters. The summed E-state index contributed by atoms with van der Waals surface area (Å²) in [4.78, 5) is 50.2. The Labute approximate surface area is 284 Å². The SMILES string of the molecule is CN=C(C)c1ccc(NC(=O)C(Cc2cccc(-c3ccc(N(C)C)nc3)c2)NC(=O)C2CCC(CNC(=O)OC(C)(C)C)CC2)cc1. The van der Waals surface area contributed by atoms with Crippen LogP contribution in [0.5, 0.6) is 0 Å². The van der Waals surface area contributed by atoms with Gasteiger partial charge in [0.2, 0.25) is 11.8 Å². The summed E-state index contributed by atoms with van der Waals surface area (Å²) in [7, 11) is 5.65. The van der Waals surface area contributed by atoms with Crippen molar-refractivity contribution in [2.24, 2.45) is 16.8 Å². The van der Waals surface area contributed by atoms with Crippen LogP contribution in [0.15, 0.2) is 71.9 Å². The van der Waals surface area contributed by atoms with Crippen LogP contribution in [-0.2, 0) is 20.7 Å². The number of nitrogens with zero attached hydrogens (tertiary/aromatic N) is 3. The molecule has 10 heteroatoms. The van der Waals surface area contributed by atoms with E-state index in [0.29, 0.717) is 31.5 Å². The minimum Gasteiger partial charge on any atom is -0.444 e. The summed E-state index contributed by atoms with van der Waals surface area (Å²) in [6.07, 6.45) is 4.72. The molecule has 1 aromatic heterocycles. The van der Waals surface area contributed by atoms with E-state index >= 15 is 0 Å². The number of aliphatic imine (C=N–C) groups is 1. The van der Waals surface area contributed by atoms with Crippen LogP contribution in [0.25, 0.3) is 11.1 Å². The molecule has 0 radical (unpaired) electrons. The van der Waals surface area contributed by atoms with E-state index in [4.69, 9.17) is 4.74 Å². The number of pyridine rings is 1. The quantitative estimate of drug-likeness (QED) is 0.210. The summed E-state index contributed by atoms with van der Waals surface area (Å²) in [6.45, 7) is 7.95. The van der Waals surface area contributed by atoms with Crippen molar-refractivity contribution in [3.8, 4) is 11.1 Å². The molecule has 256 valence electrons. The molecule has 2 aromatic carbocycles. The highest BCUT2D eigenvalue weighted by Crippen LogP contribution is 2.29. The summed E-state index contributed by atoms with van der Waals surface area (Å²) < 4.78 is 5.35. The van der Waals surface area contributed by atoms with Gasteiger partial charge in [-0.3, -0.25) is 14.6 Å². The number of carbonyl (C=O) groups excluding carboxylic acids is 3. The van der Waals surface area contributed by atoms with Crippen molar-refractivity contribution >= 4 is 35.1 Å². The number of aromatic nitrogens is 1. The first-order chi connectivity index (χ1) is 22.8. The number of carbonyl (C=O) groups is 3. The van der Waals surface area contributed by atoms with Crippen molar-refractivity contribution in [2.75, 3.05) is 37.9 Å². The number of hydrogen-bond acceptors (Lipinski definition) is 7. The number of amides is 3. The lowest BCUT2D eigenvalue weighted by atomic mass is 9.81. The van der Waals surface area contributed by atoms with Crippen LogP contribution in [0.4, 0.5) is 16.3 Å². The van der Waals surface area contributed by atoms with Gasteiger partial charge < -0.3 is 25.6 Å². The molecule has 0 aliphatic heterocycles. The fraction of sp³-hybridized carbons (Fsp3) is 0.447. The van der Waals surface area contributed by atoms with E-state index in [1.807, 2.05) is 114 Å². The summed E-state index contributed by atoms with van der Waals surface area (Å²) >= 11 is 0. The van der Waals surface area contributed by atoms with Crippen LogP contribution in [0.3, 0.4) is 0 Å². The third-order valence-electron chi connectivity index (χ3n) is 8.60. The minimum atomic E-state index is -0.785. The third kappa shape index (κ3) is 10.7. The third-order valence-corrected chi connectivity index (χ3v) is 8.60. The van der Waals surface area contributed by atoms with Gasteiger partial charge in [0.1, 0.15) is 17.5 Å². The number of rotatable bonds is 11. The van der Waals surface area contributed by atoms with Gasteiger partial charge in [-0.05, 0) is 100 Å². The Morgan fingerprint density at radius 2 is 1.69 bits per heavy atom. The molecule has 48 heavy (non-hydrogen) atoms. The zero-order valence-electron chi connectivity index (χ0n) is 29.3. The summed E-state index contributed by atoms with van der Waals surface area (Å²) in [5.41, 5.74) is 4.85. The van der Waals surface area contributed by atoms with Crippen LogP contribution in [-0.4, -0.2) is 67.9 Å². The maximum atomic E-state index is 13.8. The van der Waals surface area contributed by atoms with E-state index in [-0.39, 0.29) is 23.7 Å². The fourth-order valence-electron chi connectivity index (χ4n) is 5.76. The van der Waals surface area contributed by atoms with E-state index in [1.165, 1.54) is 0 Å². The van der Waals surface area contributed by atoms with Gasteiger partial charge in [-0.15, -0.1) is 0 Å². The second-order valence-electron chi connectivity index (χ2n) is 13.7. The first kappa shape index (κ1) is 36.1. The zero-order valence-corrected chi connectivity index (χ0v) is 29.3. The molecule has 10 nitrogen and oxygen atoms in total. The Morgan fingerprint density at radius 1 is 0.979 bits per heavy atom. The Kier molecular flexibility index (Phi) is 12.3. The number of hydrogen-bond donors (Lipinski definition) is 3. The molecule has 3 aromatic rings. The standard InChI is InChI=1S/C38H50N6O4/c1-25(39-5)28-15-18-32(19-16-28)42-36(46)33(22-27-9-8-10-30(21-27)31-17-20-34(40-24-31)44(6)7)43-35(45)29-13-11-26(12-14-29)23-41-37(47)48-38(2,3)4/h8-10,15-21,24,26,29,33H,11-14,22-23H2,1-7H3,(H,41,47)(H,42,46)(H,43,45). The Hall–Kier alpha value is -4.73. The second-order valence-corrected chi connectivity index (χ2v) is 13.7. The molecule has 1 fully saturated rings. The number of anilines is 2. The van der Waals surface area contributed by atoms with Gasteiger partial charge in [-0.1, -0.05) is 36.4 Å². The smallest absolute Gasteiger partial charge is 0.407 e. The molecule has 3 N–H and O–H groups in total. The van der Waals surface area contributed by atoms with Crippen LogP contribution in [0, 0.1) is 11.8 Å². The van der Waals surface area contributed by atoms with Crippen molar-refractivity contribution in [3.05, 3.63) is 78.0 Å². The van der Waals surface area contributed by atoms with Crippen LogP contribution < -0.4 is 20.9 Å². The van der Waals surface area contributed by atoms with E-state index < -0.39 is 17.7 Å². The highest BCUT2D eigenvalue weighted by Gasteiger charge is 2.30. The molecule has 3 amide bonds. The molecule has 1 atom stereocenters. The largest absolute Gasteiger partial charge is 0.444 e. The number of benzene rings is 2. The predicted molar refractivity (Wildman–Crippen MR) is 193 cm³/mol. The Bertz CT molecular complexity index is 1570. The van der Waals surface area contributed by atoms with E-state index in [2.05, 4.69) is 25.9 Å². The van der Waals surface area contributed by atoms with Gasteiger partial charge in [-0.25, -0.2) is 9.78 Å². The fourth-order valence-corrected chi connectivity index (χ4v) is 5.76. The molecule has 4 rings (SSSR count). The lowest BCUT2D eigenvalue weighted by Gasteiger charge is -2.29. The van der Waals surface area contributed by atoms with Gasteiger partial charge in [0.05, 0.1) is 0 Å². The van der Waals surface area contributed by atoms with Gasteiger partial charge in [-0.2, -0.15) is 0 Å². The molecular formula is C38H50N6O4. The van der Waals surface area contributed by atoms with E-state index in [0.717, 1.165) is 46.6 Å². The Balaban J connectivity index is 1.45. The van der Waals surface area contributed by atoms with Crippen LogP contribution in [0.2, 0.25) is 0 Å². The zero-order chi connectivity index (χ0) is 34.8. The van der Waals surface area contributed by atoms with E-state index in [1.54, 1.807) is 7.05 Å². The molecule has 0 spiro atoms. The number of nitrogens with one attached hydrogen (secondary N) is 3. The average molecular weight is 655 g/mol. The summed E-state index contributed by atoms with van der Waals surface area (Å²) in [5.74, 6) is 0.524. The lowest BCUT2D eigenvalue weighted by molar-refractivity contribution is -0.130. The first-order valence-electron chi connectivity index (χ1n) is 16.7.